The number of likely N-dealkylation sites (N-methyl/N-ethyl adjacent to an activating group) is 1. The van der Waals surface area contributed by atoms with Gasteiger partial charge in [0.05, 0.1) is 37.8 Å². The minimum Gasteiger partial charge on any atom is -0.476 e. The Balaban J connectivity index is 1.40. The number of rotatable bonds is 4. The van der Waals surface area contributed by atoms with Gasteiger partial charge in [-0.05, 0) is 25.8 Å². The predicted molar refractivity (Wildman–Crippen MR) is 87.9 cm³/mol. The highest BCUT2D eigenvalue weighted by Crippen LogP contribution is 2.27. The van der Waals surface area contributed by atoms with Crippen molar-refractivity contribution < 1.29 is 9.47 Å². The second-order valence-corrected chi connectivity index (χ2v) is 7.04. The van der Waals surface area contributed by atoms with Crippen LogP contribution >= 0.6 is 0 Å². The molecule has 0 amide bonds. The van der Waals surface area contributed by atoms with Crippen molar-refractivity contribution in [1.29, 1.82) is 0 Å². The zero-order valence-electron chi connectivity index (χ0n) is 13.9. The van der Waals surface area contributed by atoms with Crippen LogP contribution in [0.15, 0.2) is 12.4 Å². The summed E-state index contributed by atoms with van der Waals surface area (Å²) in [6.07, 6.45) is 9.08. The van der Waals surface area contributed by atoms with Gasteiger partial charge in [0.1, 0.15) is 0 Å². The van der Waals surface area contributed by atoms with Crippen molar-refractivity contribution in [1.82, 2.24) is 14.9 Å². The lowest BCUT2D eigenvalue weighted by Crippen LogP contribution is -2.48. The Hall–Kier alpha value is -1.40. The summed E-state index contributed by atoms with van der Waals surface area (Å²) in [4.78, 5) is 13.7. The van der Waals surface area contributed by atoms with E-state index in [9.17, 15) is 0 Å². The van der Waals surface area contributed by atoms with Gasteiger partial charge in [-0.2, -0.15) is 4.98 Å². The van der Waals surface area contributed by atoms with Crippen LogP contribution in [0.5, 0.6) is 5.88 Å². The maximum Gasteiger partial charge on any atom is 0.234 e. The van der Waals surface area contributed by atoms with Crippen LogP contribution in [-0.4, -0.2) is 66.9 Å². The van der Waals surface area contributed by atoms with Crippen LogP contribution in [0.1, 0.15) is 25.7 Å². The number of hydrogen-bond donors (Lipinski definition) is 0. The number of hydrogen-bond acceptors (Lipinski definition) is 6. The van der Waals surface area contributed by atoms with Gasteiger partial charge in [0.2, 0.25) is 5.88 Å². The summed E-state index contributed by atoms with van der Waals surface area (Å²) in [5.41, 5.74) is 0. The highest BCUT2D eigenvalue weighted by molar-refractivity contribution is 5.40. The molecule has 0 aromatic carbocycles. The molecule has 3 fully saturated rings. The molecule has 6 nitrogen and oxygen atoms in total. The summed E-state index contributed by atoms with van der Waals surface area (Å²) in [5, 5.41) is 0. The number of morpholine rings is 1. The van der Waals surface area contributed by atoms with E-state index in [-0.39, 0.29) is 6.10 Å². The van der Waals surface area contributed by atoms with E-state index in [1.807, 2.05) is 6.20 Å². The normalized spacial score (nSPS) is 29.0. The fourth-order valence-corrected chi connectivity index (χ4v) is 3.99. The lowest BCUT2D eigenvalue weighted by atomic mass is 10.1. The molecule has 0 N–H and O–H groups in total. The van der Waals surface area contributed by atoms with Gasteiger partial charge in [0.25, 0.3) is 0 Å². The van der Waals surface area contributed by atoms with Crippen molar-refractivity contribution in [2.75, 3.05) is 44.8 Å². The van der Waals surface area contributed by atoms with E-state index in [0.717, 1.165) is 38.7 Å². The molecular formula is C17H26N4O2. The van der Waals surface area contributed by atoms with Gasteiger partial charge >= 0.3 is 0 Å². The average molecular weight is 318 g/mol. The van der Waals surface area contributed by atoms with Crippen LogP contribution in [0.2, 0.25) is 0 Å². The molecule has 2 saturated heterocycles. The fraction of sp³-hybridized carbons (Fsp3) is 0.765. The Morgan fingerprint density at radius 1 is 1.26 bits per heavy atom. The number of aromatic nitrogens is 2. The van der Waals surface area contributed by atoms with Crippen molar-refractivity contribution in [3.05, 3.63) is 12.4 Å². The van der Waals surface area contributed by atoms with E-state index in [2.05, 4.69) is 26.8 Å². The fourth-order valence-electron chi connectivity index (χ4n) is 3.99. The van der Waals surface area contributed by atoms with Crippen LogP contribution in [0.25, 0.3) is 0 Å². The largest absolute Gasteiger partial charge is 0.476 e. The molecule has 1 aromatic heterocycles. The Bertz CT molecular complexity index is 535. The Labute approximate surface area is 137 Å². The molecule has 3 heterocycles. The lowest BCUT2D eigenvalue weighted by Gasteiger charge is -2.33. The molecule has 2 unspecified atom stereocenters. The Morgan fingerprint density at radius 2 is 2.13 bits per heavy atom. The molecule has 3 aliphatic rings. The number of nitrogens with zero attached hydrogens (tertiary/aromatic N) is 4. The van der Waals surface area contributed by atoms with Gasteiger partial charge in [0, 0.05) is 19.6 Å². The minimum atomic E-state index is 0.276. The molecule has 0 bridgehead atoms. The van der Waals surface area contributed by atoms with Gasteiger partial charge in [-0.25, -0.2) is 0 Å². The first-order valence-electron chi connectivity index (χ1n) is 8.81. The molecule has 2 aliphatic heterocycles. The third-order valence-electron chi connectivity index (χ3n) is 5.44. The Kier molecular flexibility index (Phi) is 4.35. The predicted octanol–water partition coefficient (Wildman–Crippen LogP) is 1.56. The Morgan fingerprint density at radius 3 is 2.96 bits per heavy atom. The summed E-state index contributed by atoms with van der Waals surface area (Å²) in [6.45, 7) is 4.43. The molecule has 126 valence electrons. The maximum absolute atomic E-state index is 5.91. The second kappa shape index (κ2) is 6.61. The second-order valence-electron chi connectivity index (χ2n) is 7.04. The number of anilines is 1. The summed E-state index contributed by atoms with van der Waals surface area (Å²) in [7, 11) is 2.18. The molecule has 2 atom stereocenters. The van der Waals surface area contributed by atoms with Gasteiger partial charge in [-0.3, -0.25) is 9.88 Å². The first kappa shape index (κ1) is 15.1. The topological polar surface area (TPSA) is 50.7 Å². The maximum atomic E-state index is 5.91. The molecule has 1 aliphatic carbocycles. The molecular weight excluding hydrogens is 292 g/mol. The molecule has 1 saturated carbocycles. The molecule has 4 rings (SSSR count). The van der Waals surface area contributed by atoms with Gasteiger partial charge in [-0.1, -0.05) is 12.8 Å². The summed E-state index contributed by atoms with van der Waals surface area (Å²) in [6, 6.07) is 0.452. The van der Waals surface area contributed by atoms with Gasteiger partial charge < -0.3 is 14.4 Å². The van der Waals surface area contributed by atoms with Crippen LogP contribution in [-0.2, 0) is 4.74 Å². The number of fused-ring (bicyclic) bond motifs is 1. The van der Waals surface area contributed by atoms with E-state index in [4.69, 9.17) is 9.47 Å². The zero-order chi connectivity index (χ0) is 15.6. The third-order valence-corrected chi connectivity index (χ3v) is 5.44. The molecule has 23 heavy (non-hydrogen) atoms. The van der Waals surface area contributed by atoms with Crippen LogP contribution in [0.3, 0.4) is 0 Å². The first-order chi connectivity index (χ1) is 11.3. The SMILES string of the molecule is CN1CCOC2CN(c3cncc(OCC4CCCC4)n3)CC21. The molecule has 0 radical (unpaired) electrons. The van der Waals surface area contributed by atoms with Crippen molar-refractivity contribution in [2.45, 2.75) is 37.8 Å². The van der Waals surface area contributed by atoms with Crippen molar-refractivity contribution in [3.63, 3.8) is 0 Å². The standard InChI is InChI=1S/C17H26N4O2/c1-20-6-7-22-15-11-21(10-14(15)20)16-8-18-9-17(19-16)23-12-13-4-2-3-5-13/h8-9,13-15H,2-7,10-12H2,1H3. The van der Waals surface area contributed by atoms with E-state index in [1.165, 1.54) is 25.7 Å². The smallest absolute Gasteiger partial charge is 0.234 e. The summed E-state index contributed by atoms with van der Waals surface area (Å²) < 4.78 is 11.8. The highest BCUT2D eigenvalue weighted by atomic mass is 16.5. The van der Waals surface area contributed by atoms with Crippen molar-refractivity contribution in [2.24, 2.45) is 5.92 Å². The van der Waals surface area contributed by atoms with E-state index < -0.39 is 0 Å². The van der Waals surface area contributed by atoms with Crippen LogP contribution in [0, 0.1) is 5.92 Å². The highest BCUT2D eigenvalue weighted by Gasteiger charge is 2.39. The van der Waals surface area contributed by atoms with E-state index >= 15 is 0 Å². The van der Waals surface area contributed by atoms with Crippen LogP contribution in [0.4, 0.5) is 5.82 Å². The van der Waals surface area contributed by atoms with Crippen molar-refractivity contribution >= 4 is 5.82 Å². The lowest BCUT2D eigenvalue weighted by molar-refractivity contribution is -0.0362. The van der Waals surface area contributed by atoms with E-state index in [0.29, 0.717) is 17.8 Å². The third kappa shape index (κ3) is 3.28. The van der Waals surface area contributed by atoms with Crippen molar-refractivity contribution in [3.8, 4) is 5.88 Å². The zero-order valence-corrected chi connectivity index (χ0v) is 13.9. The molecule has 0 spiro atoms. The first-order valence-corrected chi connectivity index (χ1v) is 8.81. The van der Waals surface area contributed by atoms with Gasteiger partial charge in [-0.15, -0.1) is 0 Å². The van der Waals surface area contributed by atoms with Gasteiger partial charge in [0.15, 0.2) is 5.82 Å². The monoisotopic (exact) mass is 318 g/mol. The minimum absolute atomic E-state index is 0.276. The molecule has 6 heteroatoms. The number of ether oxygens (including phenoxy) is 2. The van der Waals surface area contributed by atoms with E-state index in [1.54, 1.807) is 6.20 Å². The summed E-state index contributed by atoms with van der Waals surface area (Å²) in [5.74, 6) is 2.25. The molecule has 1 aromatic rings. The average Bonchev–Trinajstić information content (AvgIpc) is 3.23. The summed E-state index contributed by atoms with van der Waals surface area (Å²) >= 11 is 0. The quantitative estimate of drug-likeness (QED) is 0.840. The van der Waals surface area contributed by atoms with Crippen LogP contribution < -0.4 is 9.64 Å².